The van der Waals surface area contributed by atoms with Crippen molar-refractivity contribution in [1.29, 1.82) is 0 Å². The first-order chi connectivity index (χ1) is 12.0. The SMILES string of the molecule is CC1(C)C[C@@H]2CN(C(=O)c3cccs3)CC[C@@H]2N1c1cccc(F)c1. The van der Waals surface area contributed by atoms with Gasteiger partial charge in [-0.05, 0) is 62.3 Å². The predicted octanol–water partition coefficient (Wildman–Crippen LogP) is 4.41. The van der Waals surface area contributed by atoms with Gasteiger partial charge >= 0.3 is 0 Å². The molecule has 0 unspecified atom stereocenters. The Balaban J connectivity index is 1.57. The molecular formula is C20H23FN2OS. The second kappa shape index (κ2) is 6.13. The molecule has 2 aliphatic heterocycles. The average Bonchev–Trinajstić information content (AvgIpc) is 3.17. The van der Waals surface area contributed by atoms with E-state index in [1.807, 2.05) is 28.5 Å². The van der Waals surface area contributed by atoms with Crippen LogP contribution in [0.2, 0.25) is 0 Å². The van der Waals surface area contributed by atoms with Crippen molar-refractivity contribution in [3.8, 4) is 0 Å². The van der Waals surface area contributed by atoms with Crippen LogP contribution in [0.15, 0.2) is 41.8 Å². The molecule has 0 aliphatic carbocycles. The van der Waals surface area contributed by atoms with Crippen LogP contribution in [-0.2, 0) is 0 Å². The largest absolute Gasteiger partial charge is 0.363 e. The standard InChI is InChI=1S/C20H23FN2OS/c1-20(2)12-14-13-22(19(24)18-7-4-10-25-18)9-8-17(14)23(20)16-6-3-5-15(21)11-16/h3-7,10-11,14,17H,8-9,12-13H2,1-2H3/t14-,17+/m1/s1. The smallest absolute Gasteiger partial charge is 0.263 e. The van der Waals surface area contributed by atoms with Crippen LogP contribution in [0, 0.1) is 11.7 Å². The number of carbonyl (C=O) groups excluding carboxylic acids is 1. The van der Waals surface area contributed by atoms with Crippen LogP contribution in [0.25, 0.3) is 0 Å². The number of benzene rings is 1. The van der Waals surface area contributed by atoms with Crippen molar-refractivity contribution in [3.63, 3.8) is 0 Å². The molecule has 2 fully saturated rings. The van der Waals surface area contributed by atoms with Gasteiger partial charge in [-0.2, -0.15) is 0 Å². The molecular weight excluding hydrogens is 335 g/mol. The Morgan fingerprint density at radius 1 is 1.28 bits per heavy atom. The summed E-state index contributed by atoms with van der Waals surface area (Å²) in [5.41, 5.74) is 0.918. The summed E-state index contributed by atoms with van der Waals surface area (Å²) in [7, 11) is 0. The van der Waals surface area contributed by atoms with Gasteiger partial charge in [0.1, 0.15) is 5.82 Å². The molecule has 25 heavy (non-hydrogen) atoms. The maximum absolute atomic E-state index is 13.7. The minimum Gasteiger partial charge on any atom is -0.363 e. The molecule has 4 rings (SSSR count). The van der Waals surface area contributed by atoms with Crippen LogP contribution >= 0.6 is 11.3 Å². The second-order valence-corrected chi connectivity index (χ2v) is 8.66. The summed E-state index contributed by atoms with van der Waals surface area (Å²) in [6.45, 7) is 6.00. The summed E-state index contributed by atoms with van der Waals surface area (Å²) >= 11 is 1.51. The van der Waals surface area contributed by atoms with Gasteiger partial charge in [0.05, 0.1) is 4.88 Å². The van der Waals surface area contributed by atoms with Gasteiger partial charge in [0, 0.05) is 30.4 Å². The molecule has 2 saturated heterocycles. The number of fused-ring (bicyclic) bond motifs is 1. The van der Waals surface area contributed by atoms with Crippen LogP contribution in [-0.4, -0.2) is 35.5 Å². The maximum Gasteiger partial charge on any atom is 0.263 e. The second-order valence-electron chi connectivity index (χ2n) is 7.71. The first-order valence-electron chi connectivity index (χ1n) is 8.83. The lowest BCUT2D eigenvalue weighted by molar-refractivity contribution is 0.0672. The van der Waals surface area contributed by atoms with Crippen molar-refractivity contribution in [3.05, 3.63) is 52.5 Å². The number of nitrogens with zero attached hydrogens (tertiary/aromatic N) is 2. The van der Waals surface area contributed by atoms with E-state index in [0.717, 1.165) is 36.5 Å². The van der Waals surface area contributed by atoms with E-state index in [4.69, 9.17) is 0 Å². The fourth-order valence-electron chi connectivity index (χ4n) is 4.66. The van der Waals surface area contributed by atoms with Crippen LogP contribution in [0.3, 0.4) is 0 Å². The molecule has 1 aromatic heterocycles. The quantitative estimate of drug-likeness (QED) is 0.794. The molecule has 0 N–H and O–H groups in total. The zero-order valence-corrected chi connectivity index (χ0v) is 15.4. The van der Waals surface area contributed by atoms with Crippen molar-refractivity contribution in [2.45, 2.75) is 38.3 Å². The topological polar surface area (TPSA) is 23.6 Å². The maximum atomic E-state index is 13.7. The van der Waals surface area contributed by atoms with Crippen molar-refractivity contribution in [1.82, 2.24) is 4.90 Å². The minimum absolute atomic E-state index is 0.0366. The Bertz CT molecular complexity index is 774. The van der Waals surface area contributed by atoms with Gasteiger partial charge in [0.25, 0.3) is 5.91 Å². The number of hydrogen-bond acceptors (Lipinski definition) is 3. The summed E-state index contributed by atoms with van der Waals surface area (Å²) in [6, 6.07) is 11.1. The van der Waals surface area contributed by atoms with E-state index in [1.54, 1.807) is 12.1 Å². The fourth-order valence-corrected chi connectivity index (χ4v) is 5.35. The normalized spacial score (nSPS) is 25.1. The molecule has 0 radical (unpaired) electrons. The number of amides is 1. The number of carbonyl (C=O) groups is 1. The van der Waals surface area contributed by atoms with Crippen molar-refractivity contribution in [2.75, 3.05) is 18.0 Å². The number of piperidine rings is 1. The van der Waals surface area contributed by atoms with Crippen LogP contribution in [0.4, 0.5) is 10.1 Å². The van der Waals surface area contributed by atoms with Crippen LogP contribution < -0.4 is 4.90 Å². The van der Waals surface area contributed by atoms with E-state index < -0.39 is 0 Å². The van der Waals surface area contributed by atoms with Gasteiger partial charge < -0.3 is 9.80 Å². The summed E-state index contributed by atoms with van der Waals surface area (Å²) < 4.78 is 13.7. The predicted molar refractivity (Wildman–Crippen MR) is 99.7 cm³/mol. The Labute approximate surface area is 152 Å². The lowest BCUT2D eigenvalue weighted by Gasteiger charge is -2.41. The molecule has 1 amide bonds. The number of hydrogen-bond donors (Lipinski definition) is 0. The third-order valence-corrected chi connectivity index (χ3v) is 6.40. The first-order valence-corrected chi connectivity index (χ1v) is 9.71. The zero-order valence-electron chi connectivity index (χ0n) is 14.6. The number of likely N-dealkylation sites (tertiary alicyclic amines) is 1. The Hall–Kier alpha value is -1.88. The first kappa shape index (κ1) is 16.6. The van der Waals surface area contributed by atoms with Crippen molar-refractivity contribution < 1.29 is 9.18 Å². The Morgan fingerprint density at radius 2 is 2.12 bits per heavy atom. The lowest BCUT2D eigenvalue weighted by Crippen LogP contribution is -2.50. The van der Waals surface area contributed by atoms with Gasteiger partial charge in [0.15, 0.2) is 0 Å². The summed E-state index contributed by atoms with van der Waals surface area (Å²) in [4.78, 5) is 17.9. The van der Waals surface area contributed by atoms with Gasteiger partial charge in [-0.25, -0.2) is 4.39 Å². The average molecular weight is 358 g/mol. The monoisotopic (exact) mass is 358 g/mol. The summed E-state index contributed by atoms with van der Waals surface area (Å²) in [6.07, 6.45) is 1.95. The minimum atomic E-state index is -0.193. The fraction of sp³-hybridized carbons (Fsp3) is 0.450. The number of halogens is 1. The van der Waals surface area contributed by atoms with E-state index in [0.29, 0.717) is 12.0 Å². The zero-order chi connectivity index (χ0) is 17.6. The molecule has 2 aromatic rings. The Morgan fingerprint density at radius 3 is 2.84 bits per heavy atom. The van der Waals surface area contributed by atoms with E-state index in [1.165, 1.54) is 17.4 Å². The molecule has 3 heterocycles. The highest BCUT2D eigenvalue weighted by atomic mass is 32.1. The van der Waals surface area contributed by atoms with E-state index in [9.17, 15) is 9.18 Å². The number of thiophene rings is 1. The highest BCUT2D eigenvalue weighted by molar-refractivity contribution is 7.12. The van der Waals surface area contributed by atoms with Crippen LogP contribution in [0.5, 0.6) is 0 Å². The van der Waals surface area contributed by atoms with Crippen LogP contribution in [0.1, 0.15) is 36.4 Å². The Kier molecular flexibility index (Phi) is 4.07. The number of anilines is 1. The molecule has 3 nitrogen and oxygen atoms in total. The van der Waals surface area contributed by atoms with Crippen molar-refractivity contribution >= 4 is 22.9 Å². The van der Waals surface area contributed by atoms with Gasteiger partial charge in [-0.3, -0.25) is 4.79 Å². The third kappa shape index (κ3) is 2.95. The van der Waals surface area contributed by atoms with Gasteiger partial charge in [0.2, 0.25) is 0 Å². The summed E-state index contributed by atoms with van der Waals surface area (Å²) in [5, 5.41) is 1.95. The van der Waals surface area contributed by atoms with E-state index >= 15 is 0 Å². The van der Waals surface area contributed by atoms with Gasteiger partial charge in [-0.1, -0.05) is 12.1 Å². The molecule has 132 valence electrons. The molecule has 0 spiro atoms. The molecule has 2 atom stereocenters. The van der Waals surface area contributed by atoms with E-state index in [2.05, 4.69) is 18.7 Å². The molecule has 0 bridgehead atoms. The third-order valence-electron chi connectivity index (χ3n) is 5.54. The lowest BCUT2D eigenvalue weighted by atomic mass is 9.89. The molecule has 0 saturated carbocycles. The summed E-state index contributed by atoms with van der Waals surface area (Å²) in [5.74, 6) is 0.383. The highest BCUT2D eigenvalue weighted by Gasteiger charge is 2.48. The molecule has 2 aliphatic rings. The number of rotatable bonds is 2. The van der Waals surface area contributed by atoms with Gasteiger partial charge in [-0.15, -0.1) is 11.3 Å². The highest BCUT2D eigenvalue weighted by Crippen LogP contribution is 2.44. The molecule has 1 aromatic carbocycles. The van der Waals surface area contributed by atoms with Crippen molar-refractivity contribution in [2.24, 2.45) is 5.92 Å². The van der Waals surface area contributed by atoms with E-state index in [-0.39, 0.29) is 17.3 Å². The molecule has 5 heteroatoms.